The Morgan fingerprint density at radius 3 is 2.50 bits per heavy atom. The largest absolute Gasteiger partial charge is 0.493 e. The third kappa shape index (κ3) is 5.76. The Morgan fingerprint density at radius 2 is 1.83 bits per heavy atom. The van der Waals surface area contributed by atoms with E-state index in [0.717, 1.165) is 4.57 Å². The monoisotopic (exact) mass is 624 g/mol. The molecule has 224 valence electrons. The van der Waals surface area contributed by atoms with Crippen LogP contribution in [0.15, 0.2) is 36.4 Å². The zero-order valence-electron chi connectivity index (χ0n) is 23.0. The van der Waals surface area contributed by atoms with Gasteiger partial charge in [0.25, 0.3) is 0 Å². The quantitative estimate of drug-likeness (QED) is 0.298. The SMILES string of the molecule is CCOC(=O)CC1CN(C(=O)C[C@H]2S[C@H](c3cccc(OC)c3OC)c3cc(Cl)ccc3-n3c2nnc3C(F)(F)F)C1. The van der Waals surface area contributed by atoms with Gasteiger partial charge in [-0.1, -0.05) is 23.7 Å². The number of hydrogen-bond acceptors (Lipinski definition) is 8. The third-order valence-corrected chi connectivity index (χ3v) is 8.91. The minimum atomic E-state index is -4.81. The summed E-state index contributed by atoms with van der Waals surface area (Å²) in [4.78, 5) is 26.8. The van der Waals surface area contributed by atoms with Gasteiger partial charge in [0.1, 0.15) is 0 Å². The predicted octanol–water partition coefficient (Wildman–Crippen LogP) is 5.64. The smallest absolute Gasteiger partial charge is 0.452 e. The molecule has 1 fully saturated rings. The van der Waals surface area contributed by atoms with Crippen LogP contribution in [0.2, 0.25) is 5.02 Å². The molecule has 0 radical (unpaired) electrons. The number of aromatic nitrogens is 3. The maximum atomic E-state index is 14.2. The van der Waals surface area contributed by atoms with Crippen molar-refractivity contribution in [2.24, 2.45) is 5.92 Å². The van der Waals surface area contributed by atoms with Crippen molar-refractivity contribution in [3.05, 3.63) is 64.2 Å². The van der Waals surface area contributed by atoms with Crippen LogP contribution >= 0.6 is 23.4 Å². The summed E-state index contributed by atoms with van der Waals surface area (Å²) < 4.78 is 59.8. The molecule has 5 rings (SSSR count). The summed E-state index contributed by atoms with van der Waals surface area (Å²) in [7, 11) is 2.98. The van der Waals surface area contributed by atoms with E-state index in [2.05, 4.69) is 10.2 Å². The number of carbonyl (C=O) groups excluding carboxylic acids is 2. The highest BCUT2D eigenvalue weighted by molar-refractivity contribution is 8.00. The first-order chi connectivity index (χ1) is 20.0. The fraction of sp³-hybridized carbons (Fsp3) is 0.429. The molecule has 3 heterocycles. The minimum absolute atomic E-state index is 0.00259. The molecule has 0 spiro atoms. The highest BCUT2D eigenvalue weighted by Gasteiger charge is 2.44. The van der Waals surface area contributed by atoms with Crippen molar-refractivity contribution >= 4 is 35.2 Å². The first-order valence-electron chi connectivity index (χ1n) is 13.2. The summed E-state index contributed by atoms with van der Waals surface area (Å²) in [6.07, 6.45) is -4.75. The molecular formula is C28H28ClF3N4O5S. The summed E-state index contributed by atoms with van der Waals surface area (Å²) in [6.45, 7) is 2.72. The minimum Gasteiger partial charge on any atom is -0.493 e. The predicted molar refractivity (Wildman–Crippen MR) is 149 cm³/mol. The number of thioether (sulfide) groups is 1. The summed E-state index contributed by atoms with van der Waals surface area (Å²) >= 11 is 7.65. The second-order valence-corrected chi connectivity index (χ2v) is 11.6. The van der Waals surface area contributed by atoms with Crippen LogP contribution in [0.25, 0.3) is 5.69 Å². The molecule has 2 atom stereocenters. The average molecular weight is 625 g/mol. The Hall–Kier alpha value is -3.45. The summed E-state index contributed by atoms with van der Waals surface area (Å²) in [5, 5.41) is 6.37. The molecule has 14 heteroatoms. The van der Waals surface area contributed by atoms with Gasteiger partial charge >= 0.3 is 12.1 Å². The zero-order chi connectivity index (χ0) is 30.2. The number of nitrogens with zero attached hydrogens (tertiary/aromatic N) is 4. The van der Waals surface area contributed by atoms with Crippen molar-refractivity contribution in [1.82, 2.24) is 19.7 Å². The van der Waals surface area contributed by atoms with E-state index < -0.39 is 22.5 Å². The van der Waals surface area contributed by atoms with Gasteiger partial charge in [0.05, 0.1) is 43.4 Å². The van der Waals surface area contributed by atoms with E-state index in [9.17, 15) is 22.8 Å². The number of rotatable bonds is 8. The van der Waals surface area contributed by atoms with Crippen LogP contribution in [0.4, 0.5) is 13.2 Å². The van der Waals surface area contributed by atoms with E-state index in [-0.39, 0.29) is 48.8 Å². The van der Waals surface area contributed by atoms with Gasteiger partial charge in [-0.05, 0) is 36.8 Å². The fourth-order valence-corrected chi connectivity index (χ4v) is 7.00. The van der Waals surface area contributed by atoms with E-state index in [1.807, 2.05) is 0 Å². The maximum Gasteiger partial charge on any atom is 0.452 e. The number of carbonyl (C=O) groups is 2. The lowest BCUT2D eigenvalue weighted by atomic mass is 9.96. The Morgan fingerprint density at radius 1 is 1.07 bits per heavy atom. The van der Waals surface area contributed by atoms with Crippen molar-refractivity contribution in [3.63, 3.8) is 0 Å². The number of benzene rings is 2. The molecule has 9 nitrogen and oxygen atoms in total. The number of halogens is 4. The van der Waals surface area contributed by atoms with Crippen LogP contribution in [0.1, 0.15) is 53.0 Å². The lowest BCUT2D eigenvalue weighted by Gasteiger charge is -2.39. The van der Waals surface area contributed by atoms with Gasteiger partial charge in [0.15, 0.2) is 17.3 Å². The van der Waals surface area contributed by atoms with Gasteiger partial charge < -0.3 is 19.1 Å². The van der Waals surface area contributed by atoms with E-state index in [1.165, 1.54) is 38.1 Å². The molecule has 0 saturated carbocycles. The number of esters is 1. The van der Waals surface area contributed by atoms with E-state index in [1.54, 1.807) is 36.1 Å². The Kier molecular flexibility index (Phi) is 8.61. The molecule has 0 N–H and O–H groups in total. The third-order valence-electron chi connectivity index (χ3n) is 7.19. The summed E-state index contributed by atoms with van der Waals surface area (Å²) in [5.74, 6) is -0.973. The van der Waals surface area contributed by atoms with E-state index in [4.69, 9.17) is 25.8 Å². The summed E-state index contributed by atoms with van der Waals surface area (Å²) in [6, 6.07) is 9.89. The topological polar surface area (TPSA) is 95.8 Å². The Labute approximate surface area is 249 Å². The average Bonchev–Trinajstić information content (AvgIpc) is 3.33. The van der Waals surface area contributed by atoms with Crippen LogP contribution in [0.3, 0.4) is 0 Å². The van der Waals surface area contributed by atoms with Crippen LogP contribution < -0.4 is 9.47 Å². The van der Waals surface area contributed by atoms with Crippen LogP contribution in [0, 0.1) is 5.92 Å². The Bertz CT molecular complexity index is 1490. The normalized spacial score (nSPS) is 18.4. The van der Waals surface area contributed by atoms with Gasteiger partial charge in [-0.2, -0.15) is 13.2 Å². The molecule has 0 bridgehead atoms. The number of methoxy groups -OCH3 is 2. The molecule has 2 aliphatic heterocycles. The summed E-state index contributed by atoms with van der Waals surface area (Å²) in [5.41, 5.74) is 1.30. The molecule has 1 aromatic heterocycles. The zero-order valence-corrected chi connectivity index (χ0v) is 24.6. The van der Waals surface area contributed by atoms with Gasteiger partial charge in [-0.15, -0.1) is 22.0 Å². The fourth-order valence-electron chi connectivity index (χ4n) is 5.31. The van der Waals surface area contributed by atoms with E-state index >= 15 is 0 Å². The number of fused-ring (bicyclic) bond motifs is 3. The second-order valence-electron chi connectivity index (χ2n) is 9.88. The number of amides is 1. The Balaban J connectivity index is 1.56. The highest BCUT2D eigenvalue weighted by atomic mass is 35.5. The van der Waals surface area contributed by atoms with Gasteiger partial charge in [-0.3, -0.25) is 14.2 Å². The van der Waals surface area contributed by atoms with Crippen molar-refractivity contribution in [2.45, 2.75) is 36.4 Å². The molecule has 2 aliphatic rings. The number of para-hydroxylation sites is 1. The number of ether oxygens (including phenoxy) is 3. The first kappa shape index (κ1) is 30.0. The number of alkyl halides is 3. The molecule has 3 aromatic rings. The lowest BCUT2D eigenvalue weighted by molar-refractivity contribution is -0.149. The van der Waals surface area contributed by atoms with Crippen molar-refractivity contribution in [2.75, 3.05) is 33.9 Å². The standard InChI is InChI=1S/C28H28ClF3N4O5S/c1-4-41-23(38)10-15-13-35(14-15)22(37)12-21-26-33-34-27(28(30,31)32)36(26)19-9-8-16(29)11-18(19)25(42-21)17-6-5-7-20(39-2)24(17)40-3/h5-9,11,15,21,25H,4,10,12-14H2,1-3H3/t21-,25-/m1/s1. The number of hydrogen-bond donors (Lipinski definition) is 0. The van der Waals surface area contributed by atoms with Crippen molar-refractivity contribution in [3.8, 4) is 17.2 Å². The molecule has 0 unspecified atom stereocenters. The second kappa shape index (κ2) is 12.0. The lowest BCUT2D eigenvalue weighted by Crippen LogP contribution is -2.50. The van der Waals surface area contributed by atoms with Gasteiger partial charge in [0, 0.05) is 36.0 Å². The van der Waals surface area contributed by atoms with Crippen molar-refractivity contribution in [1.29, 1.82) is 0 Å². The molecule has 2 aromatic carbocycles. The molecule has 42 heavy (non-hydrogen) atoms. The highest BCUT2D eigenvalue weighted by Crippen LogP contribution is 2.54. The first-order valence-corrected chi connectivity index (χ1v) is 14.5. The van der Waals surface area contributed by atoms with Gasteiger partial charge in [-0.25, -0.2) is 0 Å². The molecular weight excluding hydrogens is 597 g/mol. The van der Waals surface area contributed by atoms with Crippen LogP contribution in [0.5, 0.6) is 11.5 Å². The van der Waals surface area contributed by atoms with Crippen LogP contribution in [-0.2, 0) is 20.5 Å². The van der Waals surface area contributed by atoms with Crippen LogP contribution in [-0.4, -0.2) is 65.5 Å². The molecule has 1 saturated heterocycles. The molecule has 0 aliphatic carbocycles. The number of likely N-dealkylation sites (tertiary alicyclic amines) is 1. The van der Waals surface area contributed by atoms with Gasteiger partial charge in [0.2, 0.25) is 11.7 Å². The maximum absolute atomic E-state index is 14.2. The van der Waals surface area contributed by atoms with E-state index in [0.29, 0.717) is 40.7 Å². The molecule has 1 amide bonds. The van der Waals surface area contributed by atoms with Crippen molar-refractivity contribution < 1.29 is 37.0 Å².